The second-order valence-electron chi connectivity index (χ2n) is 3.78. The highest BCUT2D eigenvalue weighted by Crippen LogP contribution is 2.28. The van der Waals surface area contributed by atoms with E-state index in [4.69, 9.17) is 0 Å². The molecule has 0 aliphatic heterocycles. The van der Waals surface area contributed by atoms with E-state index in [0.717, 1.165) is 0 Å². The van der Waals surface area contributed by atoms with Crippen LogP contribution in [-0.2, 0) is 0 Å². The third-order valence-corrected chi connectivity index (χ3v) is 2.39. The summed E-state index contributed by atoms with van der Waals surface area (Å²) in [5, 5.41) is 9.64. The van der Waals surface area contributed by atoms with Crippen LogP contribution >= 0.6 is 0 Å². The minimum atomic E-state index is -0.178. The van der Waals surface area contributed by atoms with Crippen LogP contribution in [0.25, 0.3) is 0 Å². The molecule has 1 atom stereocenters. The zero-order valence-electron chi connectivity index (χ0n) is 7.51. The van der Waals surface area contributed by atoms with Gasteiger partial charge in [-0.2, -0.15) is 0 Å². The van der Waals surface area contributed by atoms with E-state index in [1.807, 2.05) is 19.9 Å². The maximum absolute atomic E-state index is 9.64. The van der Waals surface area contributed by atoms with Crippen molar-refractivity contribution >= 4 is 0 Å². The van der Waals surface area contributed by atoms with Gasteiger partial charge < -0.3 is 5.11 Å². The van der Waals surface area contributed by atoms with E-state index in [-0.39, 0.29) is 6.10 Å². The molecule has 0 unspecified atom stereocenters. The molecule has 0 heterocycles. The molecule has 11 heavy (non-hydrogen) atoms. The van der Waals surface area contributed by atoms with Gasteiger partial charge in [-0.1, -0.05) is 24.5 Å². The lowest BCUT2D eigenvalue weighted by molar-refractivity contribution is 0.155. The van der Waals surface area contributed by atoms with Crippen LogP contribution in [0, 0.1) is 5.92 Å². The first kappa shape index (κ1) is 8.79. The number of hydrogen-bond donors (Lipinski definition) is 1. The summed E-state index contributed by atoms with van der Waals surface area (Å²) >= 11 is 0. The zero-order valence-corrected chi connectivity index (χ0v) is 7.51. The number of hydrogen-bond acceptors (Lipinski definition) is 1. The van der Waals surface area contributed by atoms with E-state index >= 15 is 0 Å². The molecular weight excluding hydrogens is 136 g/mol. The molecular formula is C10H18O. The van der Waals surface area contributed by atoms with Gasteiger partial charge in [-0.3, -0.25) is 0 Å². The third kappa shape index (κ3) is 2.66. The first-order valence-corrected chi connectivity index (χ1v) is 4.53. The lowest BCUT2D eigenvalue weighted by Crippen LogP contribution is -2.14. The maximum atomic E-state index is 9.64. The summed E-state index contributed by atoms with van der Waals surface area (Å²) in [5.41, 5.74) is 1.23. The number of aliphatic hydroxyl groups excluding tert-OH is 1. The second kappa shape index (κ2) is 3.91. The van der Waals surface area contributed by atoms with Crippen molar-refractivity contribution in [1.29, 1.82) is 0 Å². The second-order valence-corrected chi connectivity index (χ2v) is 3.78. The Bertz CT molecular complexity index is 139. The highest BCUT2D eigenvalue weighted by Gasteiger charge is 2.20. The van der Waals surface area contributed by atoms with E-state index in [1.54, 1.807) is 0 Å². The number of aliphatic hydroxyl groups is 1. The summed E-state index contributed by atoms with van der Waals surface area (Å²) in [6, 6.07) is 0. The van der Waals surface area contributed by atoms with Gasteiger partial charge in [0.2, 0.25) is 0 Å². The van der Waals surface area contributed by atoms with Crippen molar-refractivity contribution in [1.82, 2.24) is 0 Å². The van der Waals surface area contributed by atoms with Crippen LogP contribution in [0.2, 0.25) is 0 Å². The van der Waals surface area contributed by atoms with Gasteiger partial charge in [-0.15, -0.1) is 0 Å². The van der Waals surface area contributed by atoms with Crippen molar-refractivity contribution in [2.24, 2.45) is 5.92 Å². The van der Waals surface area contributed by atoms with Crippen LogP contribution in [0.4, 0.5) is 0 Å². The first-order valence-electron chi connectivity index (χ1n) is 4.53. The Kier molecular flexibility index (Phi) is 3.13. The Labute approximate surface area is 69.1 Å². The molecule has 1 aliphatic rings. The molecule has 1 nitrogen and oxygen atoms in total. The van der Waals surface area contributed by atoms with Gasteiger partial charge in [0.25, 0.3) is 0 Å². The molecule has 1 saturated carbocycles. The van der Waals surface area contributed by atoms with Gasteiger partial charge in [-0.25, -0.2) is 0 Å². The summed E-state index contributed by atoms with van der Waals surface area (Å²) < 4.78 is 0. The lowest BCUT2D eigenvalue weighted by atomic mass is 9.99. The standard InChI is InChI=1S/C10H18O/c1-8(2)7-10(11)9-5-3-4-6-9/h7,9-11H,3-6H2,1-2H3/t10-/m0/s1. The van der Waals surface area contributed by atoms with Gasteiger partial charge >= 0.3 is 0 Å². The van der Waals surface area contributed by atoms with Gasteiger partial charge in [0.15, 0.2) is 0 Å². The fraction of sp³-hybridized carbons (Fsp3) is 0.800. The molecule has 0 saturated heterocycles. The largest absolute Gasteiger partial charge is 0.389 e. The van der Waals surface area contributed by atoms with Crippen LogP contribution in [0.1, 0.15) is 39.5 Å². The van der Waals surface area contributed by atoms with Crippen molar-refractivity contribution < 1.29 is 5.11 Å². The topological polar surface area (TPSA) is 20.2 Å². The molecule has 0 aromatic carbocycles. The normalized spacial score (nSPS) is 21.7. The van der Waals surface area contributed by atoms with Crippen LogP contribution in [0.3, 0.4) is 0 Å². The van der Waals surface area contributed by atoms with Crippen LogP contribution in [0.15, 0.2) is 11.6 Å². The van der Waals surface area contributed by atoms with Gasteiger partial charge in [0, 0.05) is 0 Å². The Hall–Kier alpha value is -0.300. The zero-order chi connectivity index (χ0) is 8.27. The molecule has 0 aromatic rings. The number of allylic oxidation sites excluding steroid dienone is 1. The van der Waals surface area contributed by atoms with E-state index in [2.05, 4.69) is 0 Å². The fourth-order valence-corrected chi connectivity index (χ4v) is 1.78. The summed E-state index contributed by atoms with van der Waals surface area (Å²) in [6.45, 7) is 4.08. The van der Waals surface area contributed by atoms with Crippen LogP contribution in [0.5, 0.6) is 0 Å². The lowest BCUT2D eigenvalue weighted by Gasteiger charge is -2.13. The molecule has 1 fully saturated rings. The predicted octanol–water partition coefficient (Wildman–Crippen LogP) is 2.50. The van der Waals surface area contributed by atoms with Crippen LogP contribution < -0.4 is 0 Å². The summed E-state index contributed by atoms with van der Waals surface area (Å²) in [4.78, 5) is 0. The molecule has 64 valence electrons. The van der Waals surface area contributed by atoms with E-state index < -0.39 is 0 Å². The van der Waals surface area contributed by atoms with Crippen molar-refractivity contribution in [2.75, 3.05) is 0 Å². The number of rotatable bonds is 2. The molecule has 0 bridgehead atoms. The molecule has 0 spiro atoms. The molecule has 0 radical (unpaired) electrons. The fourth-order valence-electron chi connectivity index (χ4n) is 1.78. The minimum Gasteiger partial charge on any atom is -0.389 e. The molecule has 1 aliphatic carbocycles. The average Bonchev–Trinajstić information content (AvgIpc) is 2.35. The average molecular weight is 154 g/mol. The predicted molar refractivity (Wildman–Crippen MR) is 47.4 cm³/mol. The van der Waals surface area contributed by atoms with Gasteiger partial charge in [0.1, 0.15) is 0 Å². The quantitative estimate of drug-likeness (QED) is 0.606. The van der Waals surface area contributed by atoms with Crippen molar-refractivity contribution in [2.45, 2.75) is 45.6 Å². The molecule has 1 heteroatoms. The van der Waals surface area contributed by atoms with E-state index in [1.165, 1.54) is 31.3 Å². The van der Waals surface area contributed by atoms with Gasteiger partial charge in [-0.05, 0) is 32.6 Å². The summed E-state index contributed by atoms with van der Waals surface area (Å²) in [6.07, 6.45) is 6.84. The highest BCUT2D eigenvalue weighted by atomic mass is 16.3. The van der Waals surface area contributed by atoms with Crippen molar-refractivity contribution in [3.05, 3.63) is 11.6 Å². The minimum absolute atomic E-state index is 0.178. The molecule has 1 rings (SSSR count). The van der Waals surface area contributed by atoms with E-state index in [9.17, 15) is 5.11 Å². The molecule has 0 aromatic heterocycles. The summed E-state index contributed by atoms with van der Waals surface area (Å²) in [5.74, 6) is 0.546. The third-order valence-electron chi connectivity index (χ3n) is 2.39. The van der Waals surface area contributed by atoms with Crippen LogP contribution in [-0.4, -0.2) is 11.2 Å². The highest BCUT2D eigenvalue weighted by molar-refractivity contribution is 5.00. The SMILES string of the molecule is CC(C)=C[C@H](O)C1CCCC1. The molecule has 1 N–H and O–H groups in total. The Morgan fingerprint density at radius 1 is 1.36 bits per heavy atom. The molecule has 0 amide bonds. The Balaban J connectivity index is 2.40. The van der Waals surface area contributed by atoms with Crippen molar-refractivity contribution in [3.8, 4) is 0 Å². The maximum Gasteiger partial charge on any atom is 0.0751 e. The first-order chi connectivity index (χ1) is 5.20. The Morgan fingerprint density at radius 2 is 1.91 bits per heavy atom. The summed E-state index contributed by atoms with van der Waals surface area (Å²) in [7, 11) is 0. The monoisotopic (exact) mass is 154 g/mol. The van der Waals surface area contributed by atoms with Crippen molar-refractivity contribution in [3.63, 3.8) is 0 Å². The van der Waals surface area contributed by atoms with E-state index in [0.29, 0.717) is 5.92 Å². The smallest absolute Gasteiger partial charge is 0.0751 e. The Morgan fingerprint density at radius 3 is 2.36 bits per heavy atom. The van der Waals surface area contributed by atoms with Gasteiger partial charge in [0.05, 0.1) is 6.10 Å².